The zero-order valence-electron chi connectivity index (χ0n) is 16.0. The molecule has 0 bridgehead atoms. The van der Waals surface area contributed by atoms with Gasteiger partial charge in [0.25, 0.3) is 0 Å². The molecule has 0 radical (unpaired) electrons. The van der Waals surface area contributed by atoms with Crippen LogP contribution >= 0.6 is 23.2 Å². The van der Waals surface area contributed by atoms with Gasteiger partial charge in [-0.3, -0.25) is 0 Å². The summed E-state index contributed by atoms with van der Waals surface area (Å²) in [7, 11) is 0. The Morgan fingerprint density at radius 2 is 1.54 bits per heavy atom. The molecule has 0 spiro atoms. The Bertz CT molecular complexity index is 845. The van der Waals surface area contributed by atoms with Crippen molar-refractivity contribution in [3.05, 3.63) is 99.5 Å². The van der Waals surface area contributed by atoms with Crippen LogP contribution in [-0.4, -0.2) is 0 Å². The molecule has 0 amide bonds. The van der Waals surface area contributed by atoms with Crippen LogP contribution in [0.3, 0.4) is 0 Å². The van der Waals surface area contributed by atoms with E-state index >= 15 is 0 Å². The third kappa shape index (κ3) is 5.75. The van der Waals surface area contributed by atoms with Crippen LogP contribution in [0.4, 0.5) is 0 Å². The standard InChI is InChI=1S/C24H25Cl2NO/c1-2-7-24(19-8-4-3-5-9-19)27-16-18-12-14-20(15-13-18)28-17-21-22(25)10-6-11-23(21)26/h3-6,8-15,24,27H,2,7,16-17H2,1H3. The van der Waals surface area contributed by atoms with Gasteiger partial charge in [0.1, 0.15) is 12.4 Å². The van der Waals surface area contributed by atoms with Gasteiger partial charge in [-0.2, -0.15) is 0 Å². The SMILES string of the molecule is CCCC(NCc1ccc(OCc2c(Cl)cccc2Cl)cc1)c1ccccc1. The predicted octanol–water partition coefficient (Wildman–Crippen LogP) is 7.20. The molecule has 0 aromatic heterocycles. The van der Waals surface area contributed by atoms with E-state index in [0.29, 0.717) is 22.7 Å². The van der Waals surface area contributed by atoms with Gasteiger partial charge in [-0.15, -0.1) is 0 Å². The normalized spacial score (nSPS) is 12.0. The molecule has 4 heteroatoms. The van der Waals surface area contributed by atoms with Gasteiger partial charge < -0.3 is 10.1 Å². The zero-order chi connectivity index (χ0) is 19.8. The first-order valence-corrected chi connectivity index (χ1v) is 10.4. The summed E-state index contributed by atoms with van der Waals surface area (Å²) in [6.07, 6.45) is 2.26. The molecule has 146 valence electrons. The van der Waals surface area contributed by atoms with Crippen molar-refractivity contribution in [3.8, 4) is 5.75 Å². The van der Waals surface area contributed by atoms with E-state index in [9.17, 15) is 0 Å². The lowest BCUT2D eigenvalue weighted by molar-refractivity contribution is 0.306. The molecule has 0 aliphatic rings. The molecule has 0 saturated heterocycles. The van der Waals surface area contributed by atoms with Crippen LogP contribution in [0.5, 0.6) is 5.75 Å². The van der Waals surface area contributed by atoms with E-state index in [0.717, 1.165) is 30.7 Å². The summed E-state index contributed by atoms with van der Waals surface area (Å²) in [5, 5.41) is 4.91. The van der Waals surface area contributed by atoms with Crippen LogP contribution in [0.15, 0.2) is 72.8 Å². The largest absolute Gasteiger partial charge is 0.489 e. The maximum atomic E-state index is 6.20. The van der Waals surface area contributed by atoms with Gasteiger partial charge in [-0.1, -0.05) is 85.1 Å². The third-order valence-corrected chi connectivity index (χ3v) is 5.41. The molecule has 1 unspecified atom stereocenters. The van der Waals surface area contributed by atoms with Gasteiger partial charge in [0.2, 0.25) is 0 Å². The fourth-order valence-electron chi connectivity index (χ4n) is 3.13. The summed E-state index contributed by atoms with van der Waals surface area (Å²) >= 11 is 12.4. The minimum atomic E-state index is 0.350. The summed E-state index contributed by atoms with van der Waals surface area (Å²) in [5.41, 5.74) is 3.36. The molecule has 3 aromatic rings. The summed E-state index contributed by atoms with van der Waals surface area (Å²) in [4.78, 5) is 0. The summed E-state index contributed by atoms with van der Waals surface area (Å²) < 4.78 is 5.85. The van der Waals surface area contributed by atoms with Gasteiger partial charge in [0.15, 0.2) is 0 Å². The highest BCUT2D eigenvalue weighted by Gasteiger charge is 2.10. The van der Waals surface area contributed by atoms with Crippen LogP contribution in [0.25, 0.3) is 0 Å². The van der Waals surface area contributed by atoms with Crippen molar-refractivity contribution in [2.24, 2.45) is 0 Å². The molecule has 0 heterocycles. The van der Waals surface area contributed by atoms with Crippen LogP contribution < -0.4 is 10.1 Å². The molecule has 0 saturated carbocycles. The second-order valence-corrected chi connectivity index (χ2v) is 7.58. The molecule has 2 nitrogen and oxygen atoms in total. The maximum Gasteiger partial charge on any atom is 0.119 e. The zero-order valence-corrected chi connectivity index (χ0v) is 17.5. The molecule has 28 heavy (non-hydrogen) atoms. The molecule has 3 aromatic carbocycles. The Morgan fingerprint density at radius 3 is 2.18 bits per heavy atom. The first-order chi connectivity index (χ1) is 13.7. The van der Waals surface area contributed by atoms with Crippen molar-refractivity contribution in [1.82, 2.24) is 5.32 Å². The van der Waals surface area contributed by atoms with E-state index in [1.165, 1.54) is 11.1 Å². The molecule has 0 aliphatic carbocycles. The molecule has 1 atom stereocenters. The molecular formula is C24H25Cl2NO. The smallest absolute Gasteiger partial charge is 0.119 e. The Hall–Kier alpha value is -2.00. The Kier molecular flexibility index (Phi) is 7.79. The summed E-state index contributed by atoms with van der Waals surface area (Å²) in [6.45, 7) is 3.38. The fraction of sp³-hybridized carbons (Fsp3) is 0.250. The average Bonchev–Trinajstić information content (AvgIpc) is 2.72. The third-order valence-electron chi connectivity index (χ3n) is 4.70. The van der Waals surface area contributed by atoms with E-state index in [-0.39, 0.29) is 0 Å². The van der Waals surface area contributed by atoms with Crippen LogP contribution in [0.2, 0.25) is 10.0 Å². The molecule has 0 aliphatic heterocycles. The molecule has 1 N–H and O–H groups in total. The predicted molar refractivity (Wildman–Crippen MR) is 118 cm³/mol. The van der Waals surface area contributed by atoms with Gasteiger partial charge in [-0.05, 0) is 41.8 Å². The minimum Gasteiger partial charge on any atom is -0.489 e. The van der Waals surface area contributed by atoms with Gasteiger partial charge in [0, 0.05) is 28.2 Å². The number of ether oxygens (including phenoxy) is 1. The quantitative estimate of drug-likeness (QED) is 0.400. The monoisotopic (exact) mass is 413 g/mol. The van der Waals surface area contributed by atoms with Gasteiger partial charge >= 0.3 is 0 Å². The van der Waals surface area contributed by atoms with E-state index in [2.05, 4.69) is 54.7 Å². The van der Waals surface area contributed by atoms with E-state index in [4.69, 9.17) is 27.9 Å². The van der Waals surface area contributed by atoms with E-state index < -0.39 is 0 Å². The highest BCUT2D eigenvalue weighted by Crippen LogP contribution is 2.26. The van der Waals surface area contributed by atoms with Crippen molar-refractivity contribution in [2.45, 2.75) is 39.0 Å². The number of hydrogen-bond donors (Lipinski definition) is 1. The summed E-state index contributed by atoms with van der Waals surface area (Å²) in [6, 6.07) is 24.6. The lowest BCUT2D eigenvalue weighted by Crippen LogP contribution is -2.20. The summed E-state index contributed by atoms with van der Waals surface area (Å²) in [5.74, 6) is 0.799. The second-order valence-electron chi connectivity index (χ2n) is 6.77. The van der Waals surface area contributed by atoms with Crippen molar-refractivity contribution in [3.63, 3.8) is 0 Å². The minimum absolute atomic E-state index is 0.350. The fourth-order valence-corrected chi connectivity index (χ4v) is 3.64. The molecular weight excluding hydrogens is 389 g/mol. The molecule has 0 fully saturated rings. The van der Waals surface area contributed by atoms with Crippen molar-refractivity contribution in [1.29, 1.82) is 0 Å². The lowest BCUT2D eigenvalue weighted by atomic mass is 10.0. The molecule has 3 rings (SSSR count). The average molecular weight is 414 g/mol. The number of hydrogen-bond acceptors (Lipinski definition) is 2. The first kappa shape index (κ1) is 20.7. The topological polar surface area (TPSA) is 21.3 Å². The number of benzene rings is 3. The number of nitrogens with one attached hydrogen (secondary N) is 1. The first-order valence-electron chi connectivity index (χ1n) is 9.60. The second kappa shape index (κ2) is 10.5. The highest BCUT2D eigenvalue weighted by molar-refractivity contribution is 6.35. The van der Waals surface area contributed by atoms with Crippen LogP contribution in [0, 0.1) is 0 Å². The Balaban J connectivity index is 1.56. The number of rotatable bonds is 9. The van der Waals surface area contributed by atoms with Crippen LogP contribution in [0.1, 0.15) is 42.5 Å². The maximum absolute atomic E-state index is 6.20. The van der Waals surface area contributed by atoms with Crippen molar-refractivity contribution in [2.75, 3.05) is 0 Å². The van der Waals surface area contributed by atoms with Gasteiger partial charge in [-0.25, -0.2) is 0 Å². The van der Waals surface area contributed by atoms with Crippen molar-refractivity contribution < 1.29 is 4.74 Å². The van der Waals surface area contributed by atoms with E-state index in [1.807, 2.05) is 30.3 Å². The lowest BCUT2D eigenvalue weighted by Gasteiger charge is -2.19. The Labute approximate surface area is 177 Å². The van der Waals surface area contributed by atoms with Gasteiger partial charge in [0.05, 0.1) is 0 Å². The number of halogens is 2. The van der Waals surface area contributed by atoms with E-state index in [1.54, 1.807) is 0 Å². The van der Waals surface area contributed by atoms with Crippen LogP contribution in [-0.2, 0) is 13.2 Å². The highest BCUT2D eigenvalue weighted by atomic mass is 35.5. The van der Waals surface area contributed by atoms with Crippen molar-refractivity contribution >= 4 is 23.2 Å². The Morgan fingerprint density at radius 1 is 0.857 bits per heavy atom.